The molecule has 0 aliphatic carbocycles. The monoisotopic (exact) mass is 339 g/mol. The van der Waals surface area contributed by atoms with Crippen molar-refractivity contribution >= 4 is 45.4 Å². The van der Waals surface area contributed by atoms with E-state index in [1.807, 2.05) is 55.1 Å². The van der Waals surface area contributed by atoms with Crippen molar-refractivity contribution in [3.05, 3.63) is 59.1 Å². The van der Waals surface area contributed by atoms with Gasteiger partial charge in [-0.3, -0.25) is 0 Å². The van der Waals surface area contributed by atoms with Gasteiger partial charge in [-0.1, -0.05) is 35.6 Å². The van der Waals surface area contributed by atoms with Gasteiger partial charge in [0.1, 0.15) is 4.70 Å². The number of thiazole rings is 1. The smallest absolute Gasteiger partial charge is 0.370 e. The molecule has 3 aromatic rings. The first-order chi connectivity index (χ1) is 11.5. The Kier molecular flexibility index (Phi) is 4.62. The fraction of sp³-hybridized carbons (Fsp3) is 0.158. The van der Waals surface area contributed by atoms with Crippen LogP contribution in [-0.2, 0) is 11.3 Å². The van der Waals surface area contributed by atoms with E-state index in [1.165, 1.54) is 0 Å². The zero-order chi connectivity index (χ0) is 17.1. The molecule has 0 radical (unpaired) electrons. The Balaban J connectivity index is 1.95. The highest BCUT2D eigenvalue weighted by atomic mass is 32.1. The van der Waals surface area contributed by atoms with Crippen molar-refractivity contribution in [2.75, 3.05) is 19.0 Å². The van der Waals surface area contributed by atoms with Gasteiger partial charge < -0.3 is 10.0 Å². The molecule has 1 N–H and O–H groups in total. The summed E-state index contributed by atoms with van der Waals surface area (Å²) in [5.74, 6) is -0.839. The molecule has 5 heteroatoms. The lowest BCUT2D eigenvalue weighted by atomic mass is 10.2. The van der Waals surface area contributed by atoms with Crippen LogP contribution >= 0.6 is 11.3 Å². The van der Waals surface area contributed by atoms with Crippen LogP contribution in [0.3, 0.4) is 0 Å². The summed E-state index contributed by atoms with van der Waals surface area (Å²) in [5.41, 5.74) is 3.18. The van der Waals surface area contributed by atoms with Crippen LogP contribution in [0.1, 0.15) is 10.6 Å². The van der Waals surface area contributed by atoms with Crippen LogP contribution in [0, 0.1) is 0 Å². The predicted molar refractivity (Wildman–Crippen MR) is 99.4 cm³/mol. The van der Waals surface area contributed by atoms with Gasteiger partial charge in [-0.15, -0.1) is 0 Å². The van der Waals surface area contributed by atoms with Gasteiger partial charge in [0.2, 0.25) is 12.1 Å². The third-order valence-corrected chi connectivity index (χ3v) is 4.89. The third kappa shape index (κ3) is 3.46. The molecule has 0 amide bonds. The molecule has 0 saturated carbocycles. The summed E-state index contributed by atoms with van der Waals surface area (Å²) in [6.45, 7) is -0.0384. The van der Waals surface area contributed by atoms with E-state index in [0.29, 0.717) is 0 Å². The molecule has 4 nitrogen and oxygen atoms in total. The molecule has 0 aliphatic rings. The van der Waals surface area contributed by atoms with E-state index in [-0.39, 0.29) is 6.54 Å². The lowest BCUT2D eigenvalue weighted by Crippen LogP contribution is -2.39. The second-order valence-corrected chi connectivity index (χ2v) is 6.77. The van der Waals surface area contributed by atoms with Gasteiger partial charge in [0.15, 0.2) is 0 Å². The minimum atomic E-state index is -0.839. The third-order valence-electron chi connectivity index (χ3n) is 3.76. The SMILES string of the molecule is CN(C)c1ccc(C=Cc2sc3ccccc3[n+]2CC(=O)O)cc1. The summed E-state index contributed by atoms with van der Waals surface area (Å²) < 4.78 is 2.92. The number of carboxylic acid groups (broad SMARTS) is 1. The van der Waals surface area contributed by atoms with Crippen LogP contribution in [0.5, 0.6) is 0 Å². The number of aliphatic carboxylic acids is 1. The first kappa shape index (κ1) is 16.2. The van der Waals surface area contributed by atoms with Gasteiger partial charge in [-0.05, 0) is 29.8 Å². The van der Waals surface area contributed by atoms with Gasteiger partial charge in [-0.25, -0.2) is 4.79 Å². The molecule has 1 heterocycles. The number of carboxylic acids is 1. The number of aromatic nitrogens is 1. The summed E-state index contributed by atoms with van der Waals surface area (Å²) in [7, 11) is 4.02. The first-order valence-electron chi connectivity index (χ1n) is 7.63. The molecule has 0 aliphatic heterocycles. The van der Waals surface area contributed by atoms with Gasteiger partial charge in [-0.2, -0.15) is 4.57 Å². The Morgan fingerprint density at radius 2 is 1.83 bits per heavy atom. The number of hydrogen-bond donors (Lipinski definition) is 1. The highest BCUT2D eigenvalue weighted by Crippen LogP contribution is 2.22. The maximum absolute atomic E-state index is 11.2. The van der Waals surface area contributed by atoms with Crippen molar-refractivity contribution in [2.45, 2.75) is 6.54 Å². The molecular formula is C19H19N2O2S+. The number of benzene rings is 2. The molecule has 2 aromatic carbocycles. The summed E-state index contributed by atoms with van der Waals surface area (Å²) in [5, 5.41) is 10.1. The summed E-state index contributed by atoms with van der Waals surface area (Å²) in [6, 6.07) is 16.1. The Hall–Kier alpha value is -2.66. The molecular weight excluding hydrogens is 320 g/mol. The summed E-state index contributed by atoms with van der Waals surface area (Å²) >= 11 is 1.60. The molecule has 0 atom stereocenters. The number of nitrogens with zero attached hydrogens (tertiary/aromatic N) is 2. The molecule has 0 unspecified atom stereocenters. The van der Waals surface area contributed by atoms with Crippen molar-refractivity contribution in [3.63, 3.8) is 0 Å². The van der Waals surface area contributed by atoms with E-state index >= 15 is 0 Å². The van der Waals surface area contributed by atoms with Crippen LogP contribution in [0.25, 0.3) is 22.4 Å². The Morgan fingerprint density at radius 1 is 1.12 bits per heavy atom. The maximum atomic E-state index is 11.2. The van der Waals surface area contributed by atoms with E-state index in [9.17, 15) is 9.90 Å². The van der Waals surface area contributed by atoms with E-state index in [1.54, 1.807) is 11.3 Å². The lowest BCUT2D eigenvalue weighted by Gasteiger charge is -2.11. The number of fused-ring (bicyclic) bond motifs is 1. The molecule has 3 rings (SSSR count). The van der Waals surface area contributed by atoms with E-state index < -0.39 is 5.97 Å². The molecule has 0 bridgehead atoms. The average molecular weight is 339 g/mol. The molecule has 0 spiro atoms. The molecule has 122 valence electrons. The average Bonchev–Trinajstić information content (AvgIpc) is 2.90. The highest BCUT2D eigenvalue weighted by Gasteiger charge is 2.20. The van der Waals surface area contributed by atoms with E-state index in [0.717, 1.165) is 26.5 Å². The van der Waals surface area contributed by atoms with Crippen LogP contribution in [0.4, 0.5) is 5.69 Å². The lowest BCUT2D eigenvalue weighted by molar-refractivity contribution is -0.657. The Bertz CT molecular complexity index is 895. The quantitative estimate of drug-likeness (QED) is 0.724. The van der Waals surface area contributed by atoms with Crippen LogP contribution < -0.4 is 9.47 Å². The minimum absolute atomic E-state index is 0.0384. The number of rotatable bonds is 5. The van der Waals surface area contributed by atoms with E-state index in [2.05, 4.69) is 29.2 Å². The van der Waals surface area contributed by atoms with Gasteiger partial charge in [0.25, 0.3) is 5.01 Å². The van der Waals surface area contributed by atoms with Crippen LogP contribution in [0.2, 0.25) is 0 Å². The Labute approximate surface area is 144 Å². The van der Waals surface area contributed by atoms with Gasteiger partial charge in [0.05, 0.1) is 0 Å². The topological polar surface area (TPSA) is 44.4 Å². The largest absolute Gasteiger partial charge is 0.477 e. The zero-order valence-electron chi connectivity index (χ0n) is 13.6. The zero-order valence-corrected chi connectivity index (χ0v) is 14.5. The van der Waals surface area contributed by atoms with Crippen molar-refractivity contribution in [1.29, 1.82) is 0 Å². The number of carbonyl (C=O) groups is 1. The van der Waals surface area contributed by atoms with Crippen molar-refractivity contribution in [3.8, 4) is 0 Å². The highest BCUT2D eigenvalue weighted by molar-refractivity contribution is 7.18. The Morgan fingerprint density at radius 3 is 2.50 bits per heavy atom. The summed E-state index contributed by atoms with van der Waals surface area (Å²) in [4.78, 5) is 13.2. The summed E-state index contributed by atoms with van der Waals surface area (Å²) in [6.07, 6.45) is 4.00. The van der Waals surface area contributed by atoms with Crippen molar-refractivity contribution < 1.29 is 14.5 Å². The van der Waals surface area contributed by atoms with Crippen LogP contribution in [-0.4, -0.2) is 25.2 Å². The van der Waals surface area contributed by atoms with Gasteiger partial charge >= 0.3 is 5.97 Å². The molecule has 0 saturated heterocycles. The normalized spacial score (nSPS) is 11.2. The molecule has 0 fully saturated rings. The fourth-order valence-electron chi connectivity index (χ4n) is 2.53. The minimum Gasteiger partial charge on any atom is -0.477 e. The standard InChI is InChI=1S/C19H18N2O2S/c1-20(2)15-10-7-14(8-11-15)9-12-18-21(13-19(22)23)16-5-3-4-6-17(16)24-18/h3-12H,13H2,1-2H3/p+1. The number of anilines is 1. The second kappa shape index (κ2) is 6.84. The van der Waals surface area contributed by atoms with Crippen molar-refractivity contribution in [2.24, 2.45) is 0 Å². The second-order valence-electron chi connectivity index (χ2n) is 5.71. The van der Waals surface area contributed by atoms with Gasteiger partial charge in [0, 0.05) is 31.9 Å². The molecule has 24 heavy (non-hydrogen) atoms. The fourth-order valence-corrected chi connectivity index (χ4v) is 3.59. The van der Waals surface area contributed by atoms with Crippen LogP contribution in [0.15, 0.2) is 48.5 Å². The number of hydrogen-bond acceptors (Lipinski definition) is 3. The van der Waals surface area contributed by atoms with Crippen molar-refractivity contribution in [1.82, 2.24) is 0 Å². The molecule has 1 aromatic heterocycles. The predicted octanol–water partition coefficient (Wildman–Crippen LogP) is 3.51. The maximum Gasteiger partial charge on any atom is 0.370 e. The van der Waals surface area contributed by atoms with E-state index in [4.69, 9.17) is 0 Å². The number of para-hydroxylation sites is 1. The first-order valence-corrected chi connectivity index (χ1v) is 8.45.